The molecule has 33 heavy (non-hydrogen) atoms. The van der Waals surface area contributed by atoms with Gasteiger partial charge in [0, 0.05) is 38.5 Å². The first-order valence-corrected chi connectivity index (χ1v) is 12.1. The summed E-state index contributed by atoms with van der Waals surface area (Å²) in [5.41, 5.74) is 6.07. The number of rotatable bonds is 14. The highest BCUT2D eigenvalue weighted by Crippen LogP contribution is 2.32. The number of Topliss-reactive ketones (excluding diaryl/α,β-unsaturated/α-hetero) is 1. The van der Waals surface area contributed by atoms with E-state index in [9.17, 15) is 27.9 Å². The van der Waals surface area contributed by atoms with Crippen molar-refractivity contribution in [2.75, 3.05) is 20.3 Å². The summed E-state index contributed by atoms with van der Waals surface area (Å²) in [6, 6.07) is 11.2. The molecule has 0 unspecified atom stereocenters. The number of amides is 1. The van der Waals surface area contributed by atoms with Crippen molar-refractivity contribution in [2.45, 2.75) is 48.3 Å². The van der Waals surface area contributed by atoms with Gasteiger partial charge in [-0.3, -0.25) is 14.4 Å². The fourth-order valence-electron chi connectivity index (χ4n) is 3.51. The van der Waals surface area contributed by atoms with Crippen molar-refractivity contribution in [3.05, 3.63) is 42.5 Å². The lowest BCUT2D eigenvalue weighted by Gasteiger charge is -2.27. The molecule has 0 spiro atoms. The average molecular weight is 479 g/mol. The number of nitrogens with two attached hydrogens (primary N) is 1. The molecule has 0 heterocycles. The van der Waals surface area contributed by atoms with Crippen LogP contribution >= 0.6 is 0 Å². The molecule has 0 bridgehead atoms. The number of methoxy groups -OCH3 is 1. The second kappa shape index (κ2) is 11.9. The second-order valence-electron chi connectivity index (χ2n) is 7.77. The van der Waals surface area contributed by atoms with Gasteiger partial charge in [-0.25, -0.2) is 8.42 Å². The van der Waals surface area contributed by atoms with Gasteiger partial charge in [0.15, 0.2) is 10.7 Å². The van der Waals surface area contributed by atoms with Crippen molar-refractivity contribution < 1.29 is 32.6 Å². The van der Waals surface area contributed by atoms with Crippen LogP contribution < -0.4 is 11.1 Å². The van der Waals surface area contributed by atoms with Crippen molar-refractivity contribution in [3.8, 4) is 0 Å². The van der Waals surface area contributed by atoms with Gasteiger partial charge in [0.25, 0.3) is 0 Å². The van der Waals surface area contributed by atoms with E-state index in [4.69, 9.17) is 10.5 Å². The van der Waals surface area contributed by atoms with Crippen LogP contribution in [0.4, 0.5) is 0 Å². The van der Waals surface area contributed by atoms with Gasteiger partial charge in [-0.2, -0.15) is 0 Å². The highest BCUT2D eigenvalue weighted by molar-refractivity contribution is 7.93. The van der Waals surface area contributed by atoms with Crippen LogP contribution in [-0.2, 0) is 29.0 Å². The highest BCUT2D eigenvalue weighted by atomic mass is 32.2. The van der Waals surface area contributed by atoms with Crippen molar-refractivity contribution >= 4 is 38.3 Å². The van der Waals surface area contributed by atoms with Crippen molar-refractivity contribution in [1.82, 2.24) is 5.32 Å². The van der Waals surface area contributed by atoms with Crippen molar-refractivity contribution in [2.24, 2.45) is 5.73 Å². The molecule has 0 saturated carbocycles. The Balaban J connectivity index is 2.14. The van der Waals surface area contributed by atoms with Crippen LogP contribution in [0.25, 0.3) is 10.8 Å². The molecule has 2 aromatic carbocycles. The lowest BCUT2D eigenvalue weighted by molar-refractivity contribution is -0.139. The van der Waals surface area contributed by atoms with Gasteiger partial charge in [-0.1, -0.05) is 36.4 Å². The number of benzene rings is 2. The third-order valence-electron chi connectivity index (χ3n) is 5.31. The maximum Gasteiger partial charge on any atom is 0.306 e. The van der Waals surface area contributed by atoms with Crippen LogP contribution in [-0.4, -0.2) is 56.3 Å². The van der Waals surface area contributed by atoms with E-state index in [2.05, 4.69) is 5.32 Å². The van der Waals surface area contributed by atoms with Crippen molar-refractivity contribution in [1.29, 1.82) is 0 Å². The molecule has 1 amide bonds. The molecule has 180 valence electrons. The summed E-state index contributed by atoms with van der Waals surface area (Å²) in [5.74, 6) is -2.57. The van der Waals surface area contributed by atoms with Crippen LogP contribution in [0.15, 0.2) is 47.4 Å². The van der Waals surface area contributed by atoms with Gasteiger partial charge in [-0.15, -0.1) is 0 Å². The largest absolute Gasteiger partial charge is 0.481 e. The minimum absolute atomic E-state index is 0.160. The number of aliphatic carboxylic acids is 1. The number of carbonyl (C=O) groups is 3. The molecular weight excluding hydrogens is 448 g/mol. The van der Waals surface area contributed by atoms with E-state index in [1.54, 1.807) is 37.4 Å². The van der Waals surface area contributed by atoms with Gasteiger partial charge in [0.1, 0.15) is 0 Å². The Morgan fingerprint density at radius 2 is 1.70 bits per heavy atom. The van der Waals surface area contributed by atoms with E-state index in [1.165, 1.54) is 12.1 Å². The molecule has 0 aliphatic heterocycles. The van der Waals surface area contributed by atoms with Gasteiger partial charge in [0.05, 0.1) is 11.3 Å². The maximum atomic E-state index is 13.5. The van der Waals surface area contributed by atoms with Crippen LogP contribution in [0, 0.1) is 0 Å². The smallest absolute Gasteiger partial charge is 0.306 e. The van der Waals surface area contributed by atoms with E-state index in [1.807, 2.05) is 0 Å². The number of nitrogens with one attached hydrogen (secondary N) is 1. The third kappa shape index (κ3) is 6.59. The molecule has 10 heteroatoms. The Morgan fingerprint density at radius 1 is 1.03 bits per heavy atom. The molecular formula is C23H30N2O7S. The Kier molecular flexibility index (Phi) is 9.51. The number of unbranched alkanes of at least 4 members (excludes halogenated alkanes) is 1. The molecule has 1 atom stereocenters. The Hall–Kier alpha value is -2.82. The van der Waals surface area contributed by atoms with Crippen LogP contribution in [0.1, 0.15) is 38.5 Å². The first-order chi connectivity index (χ1) is 15.6. The third-order valence-corrected chi connectivity index (χ3v) is 7.58. The molecule has 0 aromatic heterocycles. The number of hydrogen-bond donors (Lipinski definition) is 3. The molecule has 0 radical (unpaired) electrons. The molecule has 2 aromatic rings. The highest BCUT2D eigenvalue weighted by Gasteiger charge is 2.49. The normalized spacial score (nSPS) is 13.4. The molecule has 9 nitrogen and oxygen atoms in total. The Morgan fingerprint density at radius 3 is 2.39 bits per heavy atom. The van der Waals surface area contributed by atoms with Crippen molar-refractivity contribution in [3.63, 3.8) is 0 Å². The fourth-order valence-corrected chi connectivity index (χ4v) is 5.35. The number of hydrogen-bond acceptors (Lipinski definition) is 7. The summed E-state index contributed by atoms with van der Waals surface area (Å²) in [6.07, 6.45) is 0.0554. The first kappa shape index (κ1) is 26.4. The average Bonchev–Trinajstić information content (AvgIpc) is 2.78. The maximum absolute atomic E-state index is 13.5. The predicted molar refractivity (Wildman–Crippen MR) is 123 cm³/mol. The second-order valence-corrected chi connectivity index (χ2v) is 9.94. The number of carboxylic acid groups (broad SMARTS) is 1. The monoisotopic (exact) mass is 478 g/mol. The Labute approximate surface area is 193 Å². The lowest BCUT2D eigenvalue weighted by Crippen LogP contribution is -2.56. The van der Waals surface area contributed by atoms with E-state index in [0.29, 0.717) is 36.8 Å². The summed E-state index contributed by atoms with van der Waals surface area (Å²) in [7, 11) is -2.97. The quantitative estimate of drug-likeness (QED) is 0.349. The van der Waals surface area contributed by atoms with Crippen LogP contribution in [0.5, 0.6) is 0 Å². The molecule has 0 fully saturated rings. The zero-order chi connectivity index (χ0) is 24.5. The molecule has 0 aliphatic rings. The number of carboxylic acids is 1. The zero-order valence-corrected chi connectivity index (χ0v) is 19.4. The summed E-state index contributed by atoms with van der Waals surface area (Å²) in [6.45, 7) is 1.00. The summed E-state index contributed by atoms with van der Waals surface area (Å²) in [4.78, 5) is 33.5. The summed E-state index contributed by atoms with van der Waals surface area (Å²) >= 11 is 0. The number of carbonyl (C=O) groups excluding carboxylic acids is 2. The molecule has 4 N–H and O–H groups in total. The number of sulfone groups is 1. The summed E-state index contributed by atoms with van der Waals surface area (Å²) in [5, 5.41) is 13.0. The number of ether oxygens (including phenoxy) is 1. The molecule has 0 aliphatic carbocycles. The molecule has 0 saturated heterocycles. The Bertz CT molecular complexity index is 1100. The van der Waals surface area contributed by atoms with Crippen LogP contribution in [0.3, 0.4) is 0 Å². The zero-order valence-electron chi connectivity index (χ0n) is 18.6. The summed E-state index contributed by atoms with van der Waals surface area (Å²) < 4.78 is 31.8. The predicted octanol–water partition coefficient (Wildman–Crippen LogP) is 2.03. The first-order valence-electron chi connectivity index (χ1n) is 10.7. The van der Waals surface area contributed by atoms with Gasteiger partial charge in [-0.05, 0) is 30.7 Å². The van der Waals surface area contributed by atoms with E-state index < -0.39 is 32.9 Å². The van der Waals surface area contributed by atoms with Crippen LogP contribution in [0.2, 0.25) is 0 Å². The molecule has 2 rings (SSSR count). The van der Waals surface area contributed by atoms with Gasteiger partial charge >= 0.3 is 5.97 Å². The lowest BCUT2D eigenvalue weighted by atomic mass is 10.0. The van der Waals surface area contributed by atoms with E-state index in [0.717, 1.165) is 0 Å². The number of fused-ring (bicyclic) bond motifs is 1. The fraction of sp³-hybridized carbons (Fsp3) is 0.435. The standard InChI is InChI=1S/C23H30N2O7S/c1-32-15-7-14-25-21(27)13-5-4-12-20(26)23(24,16-22(28)29)33(30,31)19-11-6-9-17-8-2-3-10-18(17)19/h2-3,6,8-11H,4-5,7,12-16,24H2,1H3,(H,25,27)(H,28,29)/t23-/m1/s1. The van der Waals surface area contributed by atoms with E-state index >= 15 is 0 Å². The SMILES string of the molecule is COCCCNC(=O)CCCCC(=O)[C@@](N)(CC(=O)O)S(=O)(=O)c1cccc2ccccc12. The number of ketones is 1. The minimum Gasteiger partial charge on any atom is -0.481 e. The van der Waals surface area contributed by atoms with E-state index in [-0.39, 0.29) is 30.1 Å². The topological polar surface area (TPSA) is 153 Å². The van der Waals surface area contributed by atoms with Gasteiger partial charge in [0.2, 0.25) is 15.7 Å². The minimum atomic E-state index is -4.54. The van der Waals surface area contributed by atoms with Gasteiger partial charge < -0.3 is 20.9 Å².